The van der Waals surface area contributed by atoms with Gasteiger partial charge in [-0.2, -0.15) is 15.5 Å². The second kappa shape index (κ2) is 24.4. The molecule has 18 heteroatoms. The largest absolute Gasteiger partial charge is 0.449 e. The molecule has 0 saturated heterocycles. The number of nitrogens with zero attached hydrogens (tertiary/aromatic N) is 5. The van der Waals surface area contributed by atoms with Gasteiger partial charge in [0.25, 0.3) is 0 Å². The fourth-order valence-electron chi connectivity index (χ4n) is 18.8. The minimum absolute atomic E-state index is 0.00313. The normalized spacial score (nSPS) is 34.0. The number of fused-ring (bicyclic) bond motifs is 12. The molecular weight excluding hydrogens is 1140 g/mol. The van der Waals surface area contributed by atoms with Crippen molar-refractivity contribution in [2.75, 3.05) is 33.2 Å². The number of aromatic nitrogens is 4. The van der Waals surface area contributed by atoms with Gasteiger partial charge in [-0.3, -0.25) is 24.0 Å². The highest BCUT2D eigenvalue weighted by Gasteiger charge is 2.71. The van der Waals surface area contributed by atoms with E-state index in [2.05, 4.69) is 38.6 Å². The molecule has 8 aliphatic rings. The summed E-state index contributed by atoms with van der Waals surface area (Å²) in [7, 11) is 3.28. The van der Waals surface area contributed by atoms with E-state index in [1.54, 1.807) is 21.1 Å². The number of allylic oxidation sites excluding steroid dienone is 2. The predicted molar refractivity (Wildman–Crippen MR) is 334 cm³/mol. The molecule has 4 aromatic rings. The highest BCUT2D eigenvalue weighted by atomic mass is 32.2. The molecule has 8 aliphatic carbocycles. The van der Waals surface area contributed by atoms with Crippen LogP contribution in [0.2, 0.25) is 0 Å². The van der Waals surface area contributed by atoms with Crippen molar-refractivity contribution in [3.05, 3.63) is 106 Å². The van der Waals surface area contributed by atoms with E-state index in [1.165, 1.54) is 11.1 Å². The average molecular weight is 1220 g/mol. The molecule has 0 aliphatic heterocycles. The van der Waals surface area contributed by atoms with Gasteiger partial charge in [0.15, 0.2) is 17.2 Å². The van der Waals surface area contributed by atoms with Gasteiger partial charge in [-0.25, -0.2) is 9.36 Å². The molecule has 3 N–H and O–H groups in total. The number of esters is 1. The Balaban J connectivity index is 0.000000182. The third-order valence-corrected chi connectivity index (χ3v) is 24.2. The van der Waals surface area contributed by atoms with Gasteiger partial charge < -0.3 is 29.5 Å². The number of ether oxygens (including phenoxy) is 3. The summed E-state index contributed by atoms with van der Waals surface area (Å²) < 4.78 is 20.2. The van der Waals surface area contributed by atoms with Crippen LogP contribution in [-0.2, 0) is 41.4 Å². The summed E-state index contributed by atoms with van der Waals surface area (Å²) >= 11 is 5.00. The van der Waals surface area contributed by atoms with Crippen LogP contribution in [0.25, 0.3) is 23.5 Å². The van der Waals surface area contributed by atoms with E-state index in [4.69, 9.17) is 24.4 Å². The maximum Gasteiger partial charge on any atom is 0.306 e. The van der Waals surface area contributed by atoms with Crippen LogP contribution in [0.1, 0.15) is 174 Å². The Bertz CT molecular complexity index is 3480. The fourth-order valence-corrected chi connectivity index (χ4v) is 20.0. The summed E-state index contributed by atoms with van der Waals surface area (Å²) in [6.07, 6.45) is 17.6. The summed E-state index contributed by atoms with van der Waals surface area (Å²) in [5, 5.41) is 53.2. The SMILES string of the molecule is CCC(=O)O[C@]1(C(=O)SCC#N)CC[C@H]2[C@@H]3CCC4=Cc5c(cnn5-c5cccc(C(=O)CCCOC)c5)C[C@]4(C)[C@H]3[C@@H](O)C[C@@]21C.COCCCC(=O)c1cccc(-n2ncc3c2C=C2CC[C@@H]4[C@H]([C@@H](O)C[C@@]5(C)[C@H]4CC[C@]5(O)C(=O)S)[C@@]2(C)C3)c1. The lowest BCUT2D eigenvalue weighted by molar-refractivity contribution is -0.196. The van der Waals surface area contributed by atoms with Gasteiger partial charge in [0.05, 0.1) is 59.2 Å². The third kappa shape index (κ3) is 10.5. The molecule has 0 radical (unpaired) electrons. The van der Waals surface area contributed by atoms with Gasteiger partial charge >= 0.3 is 5.97 Å². The first kappa shape index (κ1) is 63.1. The van der Waals surface area contributed by atoms with Crippen LogP contribution in [0.4, 0.5) is 0 Å². The Morgan fingerprint density at radius 1 is 0.724 bits per heavy atom. The van der Waals surface area contributed by atoms with Crippen molar-refractivity contribution < 1.29 is 53.5 Å². The van der Waals surface area contributed by atoms with E-state index < -0.39 is 45.3 Å². The molecule has 12 rings (SSSR count). The molecule has 16 nitrogen and oxygen atoms in total. The third-order valence-electron chi connectivity index (χ3n) is 23.0. The molecule has 14 atom stereocenters. The Morgan fingerprint density at radius 3 is 1.68 bits per heavy atom. The number of rotatable bonds is 17. The van der Waals surface area contributed by atoms with Crippen molar-refractivity contribution in [3.8, 4) is 17.4 Å². The van der Waals surface area contributed by atoms with E-state index in [1.807, 2.05) is 90.2 Å². The number of hydrogen-bond donors (Lipinski definition) is 4. The van der Waals surface area contributed by atoms with Gasteiger partial charge in [-0.1, -0.05) is 81.8 Å². The van der Waals surface area contributed by atoms with Gasteiger partial charge in [0, 0.05) is 68.7 Å². The number of thiol groups is 1. The summed E-state index contributed by atoms with van der Waals surface area (Å²) in [6, 6.07) is 17.3. The number of hydrogen-bond acceptors (Lipinski definition) is 15. The zero-order valence-corrected chi connectivity index (χ0v) is 53.1. The first-order valence-corrected chi connectivity index (χ1v) is 32.9. The number of benzene rings is 2. The Kier molecular flexibility index (Phi) is 17.7. The minimum atomic E-state index is -1.48. The van der Waals surface area contributed by atoms with E-state index in [0.717, 1.165) is 97.0 Å². The summed E-state index contributed by atoms with van der Waals surface area (Å²) in [4.78, 5) is 64.6. The lowest BCUT2D eigenvalue weighted by atomic mass is 9.45. The first-order valence-electron chi connectivity index (χ1n) is 31.4. The van der Waals surface area contributed by atoms with Crippen molar-refractivity contribution in [1.82, 2.24) is 19.6 Å². The molecule has 6 saturated carbocycles. The lowest BCUT2D eigenvalue weighted by Crippen LogP contribution is -2.62. The average Bonchev–Trinajstić information content (AvgIpc) is 1.66. The lowest BCUT2D eigenvalue weighted by Gasteiger charge is -2.60. The standard InChI is InChI=1S/C37H45N3O6S.C32H40N2O5S/c1-5-32(43)46-37(34(44)47-17-15-38)14-13-28-27-12-11-25-19-29-24(20-35(25,2)33(27)31(42)21-36(28,37)3)22-39-40(29)26-9-6-8-23(18-26)30(41)10-7-16-45-4;1-30-16-20-18-33-34(22-7-4-6-19(14-22)26(35)8-5-13-39-3)25(20)15-21(30)9-10-23-24-11-12-32(38,29(37)40)31(24,2)17-27(36)28(23)30/h6,8-9,18-19,22,27-28,31,33,42H,5,7,10-14,16-17,20-21H2,1-4H3;4,6-7,14-15,18,23-24,27-28,36,38H,5,8-13,16-17H2,1-3H3,(H,37,40)/t27-,28-,31-,33+,35-,36-,37-;23-,24-,27-,28+,30-,31-,32-/m00/s1. The van der Waals surface area contributed by atoms with Crippen molar-refractivity contribution >= 4 is 64.3 Å². The maximum absolute atomic E-state index is 13.8. The number of thioether (sulfide) groups is 1. The number of ketones is 2. The van der Waals surface area contributed by atoms with E-state index in [0.29, 0.717) is 75.7 Å². The van der Waals surface area contributed by atoms with Crippen LogP contribution < -0.4 is 0 Å². The van der Waals surface area contributed by atoms with E-state index in [-0.39, 0.29) is 75.2 Å². The number of aliphatic hydroxyl groups is 3. The van der Waals surface area contributed by atoms with Crippen molar-refractivity contribution in [2.24, 2.45) is 57.2 Å². The number of carbonyl (C=O) groups excluding carboxylic acids is 5. The van der Waals surface area contributed by atoms with Crippen LogP contribution in [0.5, 0.6) is 0 Å². The quantitative estimate of drug-likeness (QED) is 0.0333. The molecule has 464 valence electrons. The molecule has 2 aromatic heterocycles. The highest BCUT2D eigenvalue weighted by molar-refractivity contribution is 8.14. The Morgan fingerprint density at radius 2 is 1.21 bits per heavy atom. The molecule has 0 spiro atoms. The maximum atomic E-state index is 13.8. The second-order valence-electron chi connectivity index (χ2n) is 27.3. The van der Waals surface area contributed by atoms with E-state index in [9.17, 15) is 44.6 Å². The van der Waals surface area contributed by atoms with E-state index >= 15 is 0 Å². The second-order valence-corrected chi connectivity index (χ2v) is 28.6. The summed E-state index contributed by atoms with van der Waals surface area (Å²) in [6.45, 7) is 11.4. The number of carbonyl (C=O) groups is 5. The first-order chi connectivity index (χ1) is 41.6. The Hall–Kier alpha value is -5.52. The van der Waals surface area contributed by atoms with Crippen molar-refractivity contribution in [3.63, 3.8) is 0 Å². The summed E-state index contributed by atoms with van der Waals surface area (Å²) in [5.74, 6) is 0.433. The number of methoxy groups -OCH3 is 2. The zero-order valence-electron chi connectivity index (χ0n) is 51.4. The number of aliphatic hydroxyl groups excluding tert-OH is 2. The molecule has 2 aromatic carbocycles. The molecular formula is C69H85N5O11S2. The van der Waals surface area contributed by atoms with Crippen molar-refractivity contribution in [1.29, 1.82) is 5.26 Å². The van der Waals surface area contributed by atoms with Gasteiger partial charge in [-0.15, -0.1) is 12.6 Å². The molecule has 87 heavy (non-hydrogen) atoms. The van der Waals surface area contributed by atoms with Crippen LogP contribution in [0.3, 0.4) is 0 Å². The number of Topliss-reactive ketones (excluding diaryl/α,β-unsaturated/α-hetero) is 2. The zero-order chi connectivity index (χ0) is 62.0. The topological polar surface area (TPSA) is 233 Å². The highest BCUT2D eigenvalue weighted by Crippen LogP contribution is 2.70. The molecule has 2 heterocycles. The molecule has 6 fully saturated rings. The minimum Gasteiger partial charge on any atom is -0.449 e. The van der Waals surface area contributed by atoms with Crippen LogP contribution in [-0.4, -0.2) is 119 Å². The molecule has 0 amide bonds. The van der Waals surface area contributed by atoms with Gasteiger partial charge in [0.2, 0.25) is 10.2 Å². The van der Waals surface area contributed by atoms with Crippen LogP contribution in [0.15, 0.2) is 72.1 Å². The Labute approximate surface area is 520 Å². The smallest absolute Gasteiger partial charge is 0.306 e. The molecule has 0 bridgehead atoms. The van der Waals surface area contributed by atoms with Crippen LogP contribution in [0, 0.1) is 68.5 Å². The predicted octanol–water partition coefficient (Wildman–Crippen LogP) is 10.9. The van der Waals surface area contributed by atoms with Gasteiger partial charge in [0.1, 0.15) is 5.60 Å². The monoisotopic (exact) mass is 1220 g/mol. The van der Waals surface area contributed by atoms with Crippen LogP contribution >= 0.6 is 24.4 Å². The van der Waals surface area contributed by atoms with Crippen molar-refractivity contribution in [2.45, 2.75) is 167 Å². The van der Waals surface area contributed by atoms with Gasteiger partial charge in [-0.05, 0) is 184 Å². The molecule has 0 unspecified atom stereocenters. The fraction of sp³-hybridized carbons (Fsp3) is 0.594. The number of nitriles is 1. The summed E-state index contributed by atoms with van der Waals surface area (Å²) in [5.41, 5.74) is 5.22.